The molecule has 0 spiro atoms. The Hall–Kier alpha value is -9.12. The summed E-state index contributed by atoms with van der Waals surface area (Å²) in [5.41, 5.74) is 20.1. The second kappa shape index (κ2) is 18.1. The predicted octanol–water partition coefficient (Wildman–Crippen LogP) is 20.9. The lowest BCUT2D eigenvalue weighted by Crippen LogP contribution is -2.28. The zero-order valence-corrected chi connectivity index (χ0v) is 43.0. The van der Waals surface area contributed by atoms with Gasteiger partial charge in [-0.3, -0.25) is 0 Å². The van der Waals surface area contributed by atoms with Gasteiger partial charge in [-0.2, -0.15) is 0 Å². The van der Waals surface area contributed by atoms with Crippen molar-refractivity contribution in [1.82, 2.24) is 0 Å². The van der Waals surface area contributed by atoms with E-state index in [1.54, 1.807) is 0 Å². The van der Waals surface area contributed by atoms with Crippen molar-refractivity contribution < 1.29 is 0 Å². The van der Waals surface area contributed by atoms with Crippen molar-refractivity contribution in [3.05, 3.63) is 307 Å². The van der Waals surface area contributed by atoms with E-state index in [1.807, 2.05) is 22.7 Å². The second-order valence-electron chi connectivity index (χ2n) is 19.9. The molecule has 1 nitrogen and oxygen atoms in total. The number of rotatable bonds is 9. The number of hydrogen-bond acceptors (Lipinski definition) is 3. The van der Waals surface area contributed by atoms with E-state index in [4.69, 9.17) is 0 Å². The van der Waals surface area contributed by atoms with Gasteiger partial charge < -0.3 is 4.90 Å². The van der Waals surface area contributed by atoms with E-state index in [2.05, 4.69) is 290 Å². The first-order chi connectivity index (χ1) is 37.7. The Bertz CT molecular complexity index is 4430. The van der Waals surface area contributed by atoms with Crippen LogP contribution in [0.2, 0.25) is 0 Å². The molecule has 3 heteroatoms. The van der Waals surface area contributed by atoms with Crippen molar-refractivity contribution in [2.45, 2.75) is 5.41 Å². The molecule has 0 fully saturated rings. The minimum atomic E-state index is -0.471. The minimum absolute atomic E-state index is 0.471. The second-order valence-corrected chi connectivity index (χ2v) is 22.1. The van der Waals surface area contributed by atoms with Gasteiger partial charge in [0.2, 0.25) is 0 Å². The van der Waals surface area contributed by atoms with Crippen LogP contribution in [0.15, 0.2) is 285 Å². The fourth-order valence-electron chi connectivity index (χ4n) is 12.2. The number of nitrogens with zero attached hydrogens (tertiary/aromatic N) is 1. The highest BCUT2D eigenvalue weighted by atomic mass is 32.1. The summed E-state index contributed by atoms with van der Waals surface area (Å²) in [5, 5.41) is 5.29. The Morgan fingerprint density at radius 1 is 0.250 bits per heavy atom. The molecule has 1 aliphatic carbocycles. The van der Waals surface area contributed by atoms with E-state index < -0.39 is 5.41 Å². The number of hydrogen-bond donors (Lipinski definition) is 0. The number of benzene rings is 12. The molecular weight excluding hydrogens is 955 g/mol. The molecular formula is C73H47NS2. The van der Waals surface area contributed by atoms with Crippen LogP contribution in [0.5, 0.6) is 0 Å². The zero-order valence-electron chi connectivity index (χ0n) is 41.4. The molecule has 1 aliphatic rings. The van der Waals surface area contributed by atoms with Gasteiger partial charge in [-0.1, -0.05) is 224 Å². The highest BCUT2D eigenvalue weighted by Gasteiger charge is 2.46. The first-order valence-corrected chi connectivity index (χ1v) is 27.7. The van der Waals surface area contributed by atoms with Crippen molar-refractivity contribution >= 4 is 80.1 Å². The van der Waals surface area contributed by atoms with E-state index in [1.165, 1.54) is 118 Å². The van der Waals surface area contributed by atoms with Crippen molar-refractivity contribution in [2.24, 2.45) is 0 Å². The van der Waals surface area contributed by atoms with Crippen LogP contribution in [-0.2, 0) is 5.41 Å². The van der Waals surface area contributed by atoms with Gasteiger partial charge in [-0.05, 0) is 139 Å². The lowest BCUT2D eigenvalue weighted by atomic mass is 9.68. The molecule has 0 atom stereocenters. The summed E-state index contributed by atoms with van der Waals surface area (Å²) >= 11 is 3.74. The van der Waals surface area contributed by atoms with Crippen molar-refractivity contribution in [1.29, 1.82) is 0 Å². The molecule has 2 aromatic heterocycles. The Kier molecular flexibility index (Phi) is 10.6. The Morgan fingerprint density at radius 3 is 1.32 bits per heavy atom. The van der Waals surface area contributed by atoms with Crippen molar-refractivity contribution in [2.75, 3.05) is 4.90 Å². The third kappa shape index (κ3) is 7.19. The molecule has 0 radical (unpaired) electrons. The molecule has 0 bridgehead atoms. The molecule has 76 heavy (non-hydrogen) atoms. The van der Waals surface area contributed by atoms with Gasteiger partial charge in [0, 0.05) is 57.4 Å². The van der Waals surface area contributed by atoms with Crippen LogP contribution < -0.4 is 4.90 Å². The third-order valence-corrected chi connectivity index (χ3v) is 18.2. The topological polar surface area (TPSA) is 3.24 Å². The lowest BCUT2D eigenvalue weighted by Gasteiger charge is -2.34. The van der Waals surface area contributed by atoms with Crippen LogP contribution in [0, 0.1) is 0 Å². The average molecular weight is 1000 g/mol. The van der Waals surface area contributed by atoms with Gasteiger partial charge in [0.1, 0.15) is 0 Å². The van der Waals surface area contributed by atoms with E-state index >= 15 is 0 Å². The molecule has 0 unspecified atom stereocenters. The number of anilines is 3. The smallest absolute Gasteiger partial charge is 0.0713 e. The lowest BCUT2D eigenvalue weighted by molar-refractivity contribution is 0.768. The maximum Gasteiger partial charge on any atom is 0.0713 e. The first kappa shape index (κ1) is 44.4. The van der Waals surface area contributed by atoms with E-state index in [-0.39, 0.29) is 0 Å². The maximum absolute atomic E-state index is 2.43. The average Bonchev–Trinajstić information content (AvgIpc) is 4.18. The zero-order chi connectivity index (χ0) is 50.2. The van der Waals surface area contributed by atoms with Crippen molar-refractivity contribution in [3.8, 4) is 55.6 Å². The van der Waals surface area contributed by atoms with Crippen LogP contribution in [0.4, 0.5) is 17.1 Å². The molecule has 0 aliphatic heterocycles. The van der Waals surface area contributed by atoms with E-state index in [0.29, 0.717) is 0 Å². The quantitative estimate of drug-likeness (QED) is 0.139. The summed E-state index contributed by atoms with van der Waals surface area (Å²) in [5.74, 6) is 0. The maximum atomic E-state index is 2.43. The van der Waals surface area contributed by atoms with Crippen LogP contribution >= 0.6 is 22.7 Å². The molecule has 12 aromatic carbocycles. The minimum Gasteiger partial charge on any atom is -0.310 e. The van der Waals surface area contributed by atoms with Crippen LogP contribution in [0.3, 0.4) is 0 Å². The molecule has 2 heterocycles. The number of fused-ring (bicyclic) bond motifs is 9. The monoisotopic (exact) mass is 1000 g/mol. The van der Waals surface area contributed by atoms with Gasteiger partial charge in [0.05, 0.1) is 5.41 Å². The summed E-state index contributed by atoms with van der Waals surface area (Å²) in [7, 11) is 0. The highest BCUT2D eigenvalue weighted by molar-refractivity contribution is 7.26. The van der Waals surface area contributed by atoms with Crippen LogP contribution in [-0.4, -0.2) is 0 Å². The van der Waals surface area contributed by atoms with Gasteiger partial charge in [0.25, 0.3) is 0 Å². The molecule has 356 valence electrons. The predicted molar refractivity (Wildman–Crippen MR) is 326 cm³/mol. The fraction of sp³-hybridized carbons (Fsp3) is 0.0137. The first-order valence-electron chi connectivity index (χ1n) is 26.0. The molecule has 0 N–H and O–H groups in total. The van der Waals surface area contributed by atoms with Gasteiger partial charge in [0.15, 0.2) is 0 Å². The summed E-state index contributed by atoms with van der Waals surface area (Å²) in [6.45, 7) is 0. The third-order valence-electron chi connectivity index (χ3n) is 15.8. The SMILES string of the molecule is c1ccc(C2(c3ccccc3)c3ccccc3-c3cc(N(c4ccc(-c5ccc(-c6ccc7sc8ccccc8c7c6)cc5)cc4)c4ccc(-c5ccc(-c6cccc7c6sc6ccccc67)cc5)cc4)ccc32)cc1. The van der Waals surface area contributed by atoms with Crippen LogP contribution in [0.25, 0.3) is 96.0 Å². The normalized spacial score (nSPS) is 12.6. The summed E-state index contributed by atoms with van der Waals surface area (Å²) < 4.78 is 5.32. The Balaban J connectivity index is 0.806. The number of thiophene rings is 2. The van der Waals surface area contributed by atoms with Gasteiger partial charge in [-0.25, -0.2) is 0 Å². The Morgan fingerprint density at radius 2 is 0.684 bits per heavy atom. The summed E-state index contributed by atoms with van der Waals surface area (Å²) in [6, 6.07) is 106. The van der Waals surface area contributed by atoms with E-state index in [0.717, 1.165) is 17.1 Å². The van der Waals surface area contributed by atoms with Crippen LogP contribution in [0.1, 0.15) is 22.3 Å². The molecule has 14 aromatic rings. The molecule has 15 rings (SSSR count). The fourth-order valence-corrected chi connectivity index (χ4v) is 14.5. The summed E-state index contributed by atoms with van der Waals surface area (Å²) in [6.07, 6.45) is 0. The van der Waals surface area contributed by atoms with Gasteiger partial charge >= 0.3 is 0 Å². The Labute approximate surface area is 450 Å². The summed E-state index contributed by atoms with van der Waals surface area (Å²) in [4.78, 5) is 2.42. The molecule has 0 saturated heterocycles. The van der Waals surface area contributed by atoms with Gasteiger partial charge in [-0.15, -0.1) is 22.7 Å². The molecule has 0 saturated carbocycles. The standard InChI is InChI=1S/C73H47NS2/c1-3-14-55(15-4-1)73(56-16-5-2-6-17-56)67-23-10-7-18-61(67)65-47-59(43-44-68(65)73)74(57-39-34-50(35-40-57)48-26-28-52(29-27-48)54-38-45-71-66(46-54)63-20-9-11-24-69(63)75-71)58-41-36-51(37-42-58)49-30-32-53(33-31-49)60-21-13-22-64-62-19-8-12-25-70(62)76-72(60)64/h1-47H. The highest BCUT2D eigenvalue weighted by Crippen LogP contribution is 2.57. The van der Waals surface area contributed by atoms with E-state index in [9.17, 15) is 0 Å². The largest absolute Gasteiger partial charge is 0.310 e. The van der Waals surface area contributed by atoms with Crippen molar-refractivity contribution in [3.63, 3.8) is 0 Å². The molecule has 0 amide bonds.